The Labute approximate surface area is 121 Å². The highest BCUT2D eigenvalue weighted by atomic mass is 32.3. The normalized spacial score (nSPS) is 18.3. The van der Waals surface area contributed by atoms with Crippen LogP contribution in [0.25, 0.3) is 0 Å². The molecule has 1 aromatic rings. The number of halogens is 1. The zero-order valence-corrected chi connectivity index (χ0v) is 12.0. The van der Waals surface area contributed by atoms with Crippen LogP contribution in [0.4, 0.5) is 9.57 Å². The van der Waals surface area contributed by atoms with Gasteiger partial charge in [-0.05, 0) is 5.56 Å². The molecule has 0 spiro atoms. The number of benzene rings is 1. The summed E-state index contributed by atoms with van der Waals surface area (Å²) in [5.74, 6) is -0.676. The molecule has 0 unspecified atom stereocenters. The van der Waals surface area contributed by atoms with E-state index in [9.17, 15) is 22.4 Å². The number of nitro groups is 1. The van der Waals surface area contributed by atoms with Crippen molar-refractivity contribution < 1.29 is 22.0 Å². The Kier molecular flexibility index (Phi) is 4.86. The van der Waals surface area contributed by atoms with Crippen molar-refractivity contribution in [3.8, 4) is 0 Å². The molecular weight excluding hydrogens is 303 g/mol. The first kappa shape index (κ1) is 15.8. The molecule has 1 saturated heterocycles. The van der Waals surface area contributed by atoms with Crippen LogP contribution in [0, 0.1) is 10.1 Å². The lowest BCUT2D eigenvalue weighted by Gasteiger charge is -2.33. The summed E-state index contributed by atoms with van der Waals surface area (Å²) >= 11 is 0. The van der Waals surface area contributed by atoms with E-state index >= 15 is 0 Å². The standard InChI is InChI=1S/C12H15FN2O5S/c13-21(18,19)9-12(14-5-7-20-8-6-14)10-1-3-11(4-2-10)15(16)17/h1-4,12H,5-9H2/t12-/m1/s1. The highest BCUT2D eigenvalue weighted by Gasteiger charge is 2.28. The first-order valence-electron chi connectivity index (χ1n) is 6.35. The number of hydrogen-bond acceptors (Lipinski definition) is 6. The quantitative estimate of drug-likeness (QED) is 0.461. The number of hydrogen-bond donors (Lipinski definition) is 0. The van der Waals surface area contributed by atoms with Gasteiger partial charge in [0.25, 0.3) is 5.69 Å². The molecule has 7 nitrogen and oxygen atoms in total. The van der Waals surface area contributed by atoms with Gasteiger partial charge in [0.1, 0.15) is 0 Å². The van der Waals surface area contributed by atoms with Gasteiger partial charge in [0.15, 0.2) is 0 Å². The smallest absolute Gasteiger partial charge is 0.304 e. The zero-order valence-electron chi connectivity index (χ0n) is 11.1. The molecule has 0 aliphatic carbocycles. The predicted molar refractivity (Wildman–Crippen MR) is 73.1 cm³/mol. The largest absolute Gasteiger partial charge is 0.379 e. The lowest BCUT2D eigenvalue weighted by atomic mass is 10.1. The zero-order chi connectivity index (χ0) is 15.5. The number of rotatable bonds is 5. The maximum atomic E-state index is 13.1. The SMILES string of the molecule is O=[N+]([O-])c1ccc([C@@H](CS(=O)(=O)F)N2CCOCC2)cc1. The monoisotopic (exact) mass is 318 g/mol. The topological polar surface area (TPSA) is 89.8 Å². The highest BCUT2D eigenvalue weighted by molar-refractivity contribution is 7.86. The highest BCUT2D eigenvalue weighted by Crippen LogP contribution is 2.26. The molecule has 1 aromatic carbocycles. The second kappa shape index (κ2) is 6.46. The van der Waals surface area contributed by atoms with Gasteiger partial charge in [0.05, 0.1) is 29.9 Å². The van der Waals surface area contributed by atoms with Crippen LogP contribution >= 0.6 is 0 Å². The molecule has 1 fully saturated rings. The van der Waals surface area contributed by atoms with Crippen LogP contribution in [0.3, 0.4) is 0 Å². The lowest BCUT2D eigenvalue weighted by Crippen LogP contribution is -2.41. The van der Waals surface area contributed by atoms with Crippen molar-refractivity contribution in [2.75, 3.05) is 32.1 Å². The van der Waals surface area contributed by atoms with E-state index in [4.69, 9.17) is 4.74 Å². The summed E-state index contributed by atoms with van der Waals surface area (Å²) in [7, 11) is -4.66. The van der Waals surface area contributed by atoms with Crippen molar-refractivity contribution in [2.24, 2.45) is 0 Å². The van der Waals surface area contributed by atoms with E-state index in [1.54, 1.807) is 0 Å². The van der Waals surface area contributed by atoms with Gasteiger partial charge in [-0.3, -0.25) is 15.0 Å². The van der Waals surface area contributed by atoms with Crippen LogP contribution in [-0.4, -0.2) is 50.3 Å². The average molecular weight is 318 g/mol. The van der Waals surface area contributed by atoms with E-state index < -0.39 is 26.9 Å². The Morgan fingerprint density at radius 1 is 1.29 bits per heavy atom. The summed E-state index contributed by atoms with van der Waals surface area (Å²) in [6.45, 7) is 1.85. The summed E-state index contributed by atoms with van der Waals surface area (Å²) in [6, 6.07) is 4.82. The van der Waals surface area contributed by atoms with Gasteiger partial charge in [-0.15, -0.1) is 3.89 Å². The molecule has 1 atom stereocenters. The van der Waals surface area contributed by atoms with Crippen molar-refractivity contribution in [2.45, 2.75) is 6.04 Å². The van der Waals surface area contributed by atoms with Crippen molar-refractivity contribution in [3.63, 3.8) is 0 Å². The van der Waals surface area contributed by atoms with Gasteiger partial charge in [-0.2, -0.15) is 8.42 Å². The van der Waals surface area contributed by atoms with E-state index in [-0.39, 0.29) is 5.69 Å². The molecule has 1 aliphatic rings. The summed E-state index contributed by atoms with van der Waals surface area (Å²) in [5.41, 5.74) is 0.436. The minimum atomic E-state index is -4.66. The molecule has 1 aliphatic heterocycles. The first-order chi connectivity index (χ1) is 9.87. The molecule has 2 rings (SSSR count). The molecule has 116 valence electrons. The Hall–Kier alpha value is -1.58. The van der Waals surface area contributed by atoms with Crippen LogP contribution in [0.2, 0.25) is 0 Å². The van der Waals surface area contributed by atoms with Crippen LogP contribution in [0.1, 0.15) is 11.6 Å². The first-order valence-corrected chi connectivity index (χ1v) is 7.90. The van der Waals surface area contributed by atoms with Crippen molar-refractivity contribution in [3.05, 3.63) is 39.9 Å². The average Bonchev–Trinajstić information content (AvgIpc) is 2.45. The van der Waals surface area contributed by atoms with Crippen LogP contribution in [0.15, 0.2) is 24.3 Å². The van der Waals surface area contributed by atoms with Gasteiger partial charge in [-0.1, -0.05) is 12.1 Å². The van der Waals surface area contributed by atoms with Crippen molar-refractivity contribution >= 4 is 15.9 Å². The minimum Gasteiger partial charge on any atom is -0.379 e. The molecule has 0 saturated carbocycles. The van der Waals surface area contributed by atoms with Gasteiger partial charge >= 0.3 is 10.2 Å². The molecule has 9 heteroatoms. The fourth-order valence-corrected chi connectivity index (χ4v) is 3.09. The Bertz CT molecular complexity index is 599. The summed E-state index contributed by atoms with van der Waals surface area (Å²) < 4.78 is 40.3. The number of non-ortho nitro benzene ring substituents is 1. The molecule has 1 heterocycles. The lowest BCUT2D eigenvalue weighted by molar-refractivity contribution is -0.384. The number of ether oxygens (including phenoxy) is 1. The minimum absolute atomic E-state index is 0.0948. The van der Waals surface area contributed by atoms with E-state index in [0.29, 0.717) is 31.9 Å². The van der Waals surface area contributed by atoms with Crippen molar-refractivity contribution in [1.82, 2.24) is 4.90 Å². The number of nitrogens with zero attached hydrogens (tertiary/aromatic N) is 2. The van der Waals surface area contributed by atoms with Gasteiger partial charge in [-0.25, -0.2) is 0 Å². The fourth-order valence-electron chi connectivity index (χ4n) is 2.31. The second-order valence-corrected chi connectivity index (χ2v) is 6.13. The van der Waals surface area contributed by atoms with Gasteiger partial charge < -0.3 is 4.74 Å². The van der Waals surface area contributed by atoms with Crippen molar-refractivity contribution in [1.29, 1.82) is 0 Å². The maximum absolute atomic E-state index is 13.1. The summed E-state index contributed by atoms with van der Waals surface area (Å²) in [4.78, 5) is 11.9. The fraction of sp³-hybridized carbons (Fsp3) is 0.500. The third-order valence-corrected chi connectivity index (χ3v) is 4.05. The molecule has 0 amide bonds. The number of morpholine rings is 1. The Morgan fingerprint density at radius 3 is 2.33 bits per heavy atom. The molecule has 0 bridgehead atoms. The molecule has 0 aromatic heterocycles. The molecule has 21 heavy (non-hydrogen) atoms. The van der Waals surface area contributed by atoms with Gasteiger partial charge in [0, 0.05) is 25.2 Å². The van der Waals surface area contributed by atoms with E-state index in [1.165, 1.54) is 24.3 Å². The third-order valence-electron chi connectivity index (χ3n) is 3.33. The van der Waals surface area contributed by atoms with E-state index in [2.05, 4.69) is 0 Å². The predicted octanol–water partition coefficient (Wildman–Crippen LogP) is 1.27. The van der Waals surface area contributed by atoms with E-state index in [0.717, 1.165) is 0 Å². The summed E-state index contributed by atoms with van der Waals surface area (Å²) in [5, 5.41) is 10.6. The second-order valence-electron chi connectivity index (χ2n) is 4.72. The van der Waals surface area contributed by atoms with Gasteiger partial charge in [0.2, 0.25) is 0 Å². The Balaban J connectivity index is 2.27. The maximum Gasteiger partial charge on any atom is 0.304 e. The third kappa shape index (κ3) is 4.45. The molecule has 0 radical (unpaired) electrons. The van der Waals surface area contributed by atoms with Crippen LogP contribution in [0.5, 0.6) is 0 Å². The summed E-state index contributed by atoms with van der Waals surface area (Å²) in [6.07, 6.45) is 0. The molecule has 0 N–H and O–H groups in total. The van der Waals surface area contributed by atoms with Crippen LogP contribution < -0.4 is 0 Å². The van der Waals surface area contributed by atoms with E-state index in [1.807, 2.05) is 4.90 Å². The Morgan fingerprint density at radius 2 is 1.86 bits per heavy atom. The molecular formula is C12H15FN2O5S. The van der Waals surface area contributed by atoms with Crippen LogP contribution in [-0.2, 0) is 15.0 Å². The number of nitro benzene ring substituents is 1.